The zero-order valence-electron chi connectivity index (χ0n) is 10.9. The fourth-order valence-corrected chi connectivity index (χ4v) is 3.35. The van der Waals surface area contributed by atoms with E-state index in [4.69, 9.17) is 9.47 Å². The Kier molecular flexibility index (Phi) is 3.67. The highest BCUT2D eigenvalue weighted by molar-refractivity contribution is 5.13. The van der Waals surface area contributed by atoms with Crippen molar-refractivity contribution in [2.24, 2.45) is 0 Å². The zero-order valence-corrected chi connectivity index (χ0v) is 10.9. The molecule has 2 aliphatic rings. The van der Waals surface area contributed by atoms with Gasteiger partial charge in [0.25, 0.3) is 0 Å². The molecule has 2 heteroatoms. The molecule has 1 saturated carbocycles. The molecule has 1 heterocycles. The van der Waals surface area contributed by atoms with Crippen molar-refractivity contribution in [3.05, 3.63) is 35.9 Å². The summed E-state index contributed by atoms with van der Waals surface area (Å²) in [4.78, 5) is 0. The van der Waals surface area contributed by atoms with E-state index in [2.05, 4.69) is 24.3 Å². The highest BCUT2D eigenvalue weighted by Crippen LogP contribution is 2.41. The van der Waals surface area contributed by atoms with Gasteiger partial charge < -0.3 is 9.47 Å². The monoisotopic (exact) mass is 246 g/mol. The van der Waals surface area contributed by atoms with Gasteiger partial charge in [0, 0.05) is 0 Å². The van der Waals surface area contributed by atoms with Crippen LogP contribution in [-0.2, 0) is 16.1 Å². The van der Waals surface area contributed by atoms with Crippen LogP contribution in [0.4, 0.5) is 0 Å². The van der Waals surface area contributed by atoms with Crippen LogP contribution in [0.15, 0.2) is 30.3 Å². The third-order valence-electron chi connectivity index (χ3n) is 4.35. The van der Waals surface area contributed by atoms with Crippen molar-refractivity contribution in [3.63, 3.8) is 0 Å². The van der Waals surface area contributed by atoms with E-state index in [1.165, 1.54) is 37.7 Å². The number of benzene rings is 1. The molecule has 98 valence electrons. The van der Waals surface area contributed by atoms with Gasteiger partial charge in [0.2, 0.25) is 0 Å². The van der Waals surface area contributed by atoms with Crippen molar-refractivity contribution >= 4 is 0 Å². The first kappa shape index (κ1) is 12.2. The molecular formula is C16H22O2. The Morgan fingerprint density at radius 2 is 1.89 bits per heavy atom. The van der Waals surface area contributed by atoms with Crippen molar-refractivity contribution in [1.82, 2.24) is 0 Å². The van der Waals surface area contributed by atoms with Gasteiger partial charge in [-0.2, -0.15) is 0 Å². The SMILES string of the molecule is c1ccc(CO[C@@H]2CCOC23CCCCC3)cc1. The quantitative estimate of drug-likeness (QED) is 0.809. The molecular weight excluding hydrogens is 224 g/mol. The Morgan fingerprint density at radius 1 is 1.11 bits per heavy atom. The lowest BCUT2D eigenvalue weighted by Crippen LogP contribution is -2.42. The summed E-state index contributed by atoms with van der Waals surface area (Å²) in [6.45, 7) is 1.59. The maximum absolute atomic E-state index is 6.16. The second kappa shape index (κ2) is 5.41. The molecule has 1 aromatic carbocycles. The first-order valence-corrected chi connectivity index (χ1v) is 7.19. The van der Waals surface area contributed by atoms with Crippen molar-refractivity contribution in [2.45, 2.75) is 56.8 Å². The summed E-state index contributed by atoms with van der Waals surface area (Å²) in [7, 11) is 0. The van der Waals surface area contributed by atoms with Crippen molar-refractivity contribution in [2.75, 3.05) is 6.61 Å². The first-order valence-electron chi connectivity index (χ1n) is 7.19. The lowest BCUT2D eigenvalue weighted by molar-refractivity contribution is -0.110. The first-order chi connectivity index (χ1) is 8.89. The molecule has 0 amide bonds. The fourth-order valence-electron chi connectivity index (χ4n) is 3.35. The van der Waals surface area contributed by atoms with Gasteiger partial charge in [-0.3, -0.25) is 0 Å². The standard InChI is InChI=1S/C16H22O2/c1-3-7-14(8-4-1)13-17-15-9-12-18-16(15)10-5-2-6-11-16/h1,3-4,7-8,15H,2,5-6,9-13H2/t15-/m1/s1. The Balaban J connectivity index is 1.61. The van der Waals surface area contributed by atoms with Crippen molar-refractivity contribution < 1.29 is 9.47 Å². The minimum atomic E-state index is 0.0486. The summed E-state index contributed by atoms with van der Waals surface area (Å²) in [5.41, 5.74) is 1.31. The van der Waals surface area contributed by atoms with Crippen molar-refractivity contribution in [3.8, 4) is 0 Å². The number of rotatable bonds is 3. The fraction of sp³-hybridized carbons (Fsp3) is 0.625. The lowest BCUT2D eigenvalue weighted by atomic mass is 9.81. The maximum atomic E-state index is 6.16. The molecule has 1 aliphatic carbocycles. The summed E-state index contributed by atoms with van der Waals surface area (Å²) >= 11 is 0. The van der Waals surface area contributed by atoms with Crippen LogP contribution in [0.5, 0.6) is 0 Å². The van der Waals surface area contributed by atoms with Crippen LogP contribution in [0.1, 0.15) is 44.1 Å². The topological polar surface area (TPSA) is 18.5 Å². The lowest BCUT2D eigenvalue weighted by Gasteiger charge is -2.37. The predicted molar refractivity (Wildman–Crippen MR) is 71.4 cm³/mol. The largest absolute Gasteiger partial charge is 0.372 e. The molecule has 0 radical (unpaired) electrons. The number of ether oxygens (including phenoxy) is 2. The second-order valence-electron chi connectivity index (χ2n) is 5.55. The molecule has 18 heavy (non-hydrogen) atoms. The highest BCUT2D eigenvalue weighted by atomic mass is 16.6. The summed E-state index contributed by atoms with van der Waals surface area (Å²) in [5, 5.41) is 0. The van der Waals surface area contributed by atoms with Gasteiger partial charge in [-0.25, -0.2) is 0 Å². The number of hydrogen-bond donors (Lipinski definition) is 0. The van der Waals surface area contributed by atoms with Gasteiger partial charge in [-0.15, -0.1) is 0 Å². The Bertz CT molecular complexity index is 368. The molecule has 3 rings (SSSR count). The van der Waals surface area contributed by atoms with Crippen LogP contribution in [-0.4, -0.2) is 18.3 Å². The molecule has 2 nitrogen and oxygen atoms in total. The molecule has 0 unspecified atom stereocenters. The van der Waals surface area contributed by atoms with E-state index in [1.807, 2.05) is 6.07 Å². The van der Waals surface area contributed by atoms with E-state index < -0.39 is 0 Å². The van der Waals surface area contributed by atoms with Crippen LogP contribution < -0.4 is 0 Å². The molecule has 0 bridgehead atoms. The molecule has 1 aliphatic heterocycles. The van der Waals surface area contributed by atoms with E-state index in [0.717, 1.165) is 19.6 Å². The molecule has 1 spiro atoms. The smallest absolute Gasteiger partial charge is 0.0943 e. The van der Waals surface area contributed by atoms with Gasteiger partial charge in [0.1, 0.15) is 0 Å². The van der Waals surface area contributed by atoms with Gasteiger partial charge >= 0.3 is 0 Å². The minimum Gasteiger partial charge on any atom is -0.372 e. The van der Waals surface area contributed by atoms with Crippen LogP contribution in [0.3, 0.4) is 0 Å². The van der Waals surface area contributed by atoms with E-state index in [9.17, 15) is 0 Å². The average Bonchev–Trinajstić information content (AvgIpc) is 2.81. The Labute approximate surface area is 109 Å². The van der Waals surface area contributed by atoms with Crippen LogP contribution in [0, 0.1) is 0 Å². The average molecular weight is 246 g/mol. The number of hydrogen-bond acceptors (Lipinski definition) is 2. The van der Waals surface area contributed by atoms with E-state index in [1.54, 1.807) is 0 Å². The Hall–Kier alpha value is -0.860. The molecule has 0 aromatic heterocycles. The van der Waals surface area contributed by atoms with Crippen LogP contribution >= 0.6 is 0 Å². The normalized spacial score (nSPS) is 26.6. The predicted octanol–water partition coefficient (Wildman–Crippen LogP) is 3.70. The maximum Gasteiger partial charge on any atom is 0.0943 e. The molecule has 1 atom stereocenters. The molecule has 0 N–H and O–H groups in total. The summed E-state index contributed by atoms with van der Waals surface area (Å²) in [6.07, 6.45) is 7.69. The molecule has 1 saturated heterocycles. The van der Waals surface area contributed by atoms with Gasteiger partial charge in [-0.05, 0) is 24.8 Å². The summed E-state index contributed by atoms with van der Waals surface area (Å²) < 4.78 is 12.2. The van der Waals surface area contributed by atoms with E-state index in [-0.39, 0.29) is 5.60 Å². The molecule has 1 aromatic rings. The van der Waals surface area contributed by atoms with Gasteiger partial charge in [0.05, 0.1) is 24.9 Å². The third-order valence-corrected chi connectivity index (χ3v) is 4.35. The highest BCUT2D eigenvalue weighted by Gasteiger charge is 2.45. The van der Waals surface area contributed by atoms with Crippen molar-refractivity contribution in [1.29, 1.82) is 0 Å². The van der Waals surface area contributed by atoms with Crippen LogP contribution in [0.2, 0.25) is 0 Å². The van der Waals surface area contributed by atoms with Crippen LogP contribution in [0.25, 0.3) is 0 Å². The summed E-state index contributed by atoms with van der Waals surface area (Å²) in [6, 6.07) is 10.4. The second-order valence-corrected chi connectivity index (χ2v) is 5.55. The van der Waals surface area contributed by atoms with E-state index in [0.29, 0.717) is 6.10 Å². The van der Waals surface area contributed by atoms with Gasteiger partial charge in [0.15, 0.2) is 0 Å². The van der Waals surface area contributed by atoms with E-state index >= 15 is 0 Å². The molecule has 2 fully saturated rings. The zero-order chi connectivity index (χ0) is 12.3. The third kappa shape index (κ3) is 2.45. The van der Waals surface area contributed by atoms with Gasteiger partial charge in [-0.1, -0.05) is 49.6 Å². The minimum absolute atomic E-state index is 0.0486. The summed E-state index contributed by atoms with van der Waals surface area (Å²) in [5.74, 6) is 0. The Morgan fingerprint density at radius 3 is 2.67 bits per heavy atom.